The van der Waals surface area contributed by atoms with Crippen LogP contribution in [0.3, 0.4) is 0 Å². The molecular weight excluding hydrogens is 375 g/mol. The Labute approximate surface area is 165 Å². The minimum atomic E-state index is -0.261. The summed E-state index contributed by atoms with van der Waals surface area (Å²) in [6, 6.07) is 8.82. The van der Waals surface area contributed by atoms with Crippen LogP contribution in [0.1, 0.15) is 32.7 Å². The number of benzene rings is 1. The highest BCUT2D eigenvalue weighted by Crippen LogP contribution is 2.22. The summed E-state index contributed by atoms with van der Waals surface area (Å²) in [5.74, 6) is -0.430. The molecule has 26 heavy (non-hydrogen) atoms. The van der Waals surface area contributed by atoms with Crippen molar-refractivity contribution in [1.29, 1.82) is 0 Å². The predicted octanol–water partition coefficient (Wildman–Crippen LogP) is 2.58. The highest BCUT2D eigenvalue weighted by molar-refractivity contribution is 6.09. The lowest BCUT2D eigenvalue weighted by molar-refractivity contribution is 0.0941. The molecule has 3 N–H and O–H groups in total. The van der Waals surface area contributed by atoms with Crippen molar-refractivity contribution in [3.8, 4) is 0 Å². The monoisotopic (exact) mass is 396 g/mol. The maximum atomic E-state index is 12.6. The second-order valence-electron chi connectivity index (χ2n) is 5.85. The summed E-state index contributed by atoms with van der Waals surface area (Å²) in [5, 5.41) is 9.09. The van der Waals surface area contributed by atoms with Crippen molar-refractivity contribution in [2.75, 3.05) is 18.4 Å². The summed E-state index contributed by atoms with van der Waals surface area (Å²) >= 11 is 0. The molecule has 8 heteroatoms. The number of hydrogen-bond acceptors (Lipinski definition) is 4. The second kappa shape index (κ2) is 10.1. The lowest BCUT2D eigenvalue weighted by atomic mass is 10.1. The van der Waals surface area contributed by atoms with Gasteiger partial charge in [0.05, 0.1) is 11.3 Å². The van der Waals surface area contributed by atoms with Gasteiger partial charge in [-0.3, -0.25) is 14.6 Å². The zero-order valence-electron chi connectivity index (χ0n) is 14.3. The molecule has 2 amide bonds. The lowest BCUT2D eigenvalue weighted by Crippen LogP contribution is -2.36. The number of hydrogen-bond donors (Lipinski definition) is 3. The normalized spacial score (nSPS) is 15.3. The maximum Gasteiger partial charge on any atom is 0.255 e. The molecule has 1 aliphatic heterocycles. The first-order chi connectivity index (χ1) is 11.6. The Hall–Kier alpha value is -2.15. The molecule has 2 aromatic rings. The van der Waals surface area contributed by atoms with Gasteiger partial charge in [0.2, 0.25) is 0 Å². The van der Waals surface area contributed by atoms with E-state index in [9.17, 15) is 9.59 Å². The van der Waals surface area contributed by atoms with Gasteiger partial charge in [0, 0.05) is 30.5 Å². The number of nitrogens with one attached hydrogen (secondary N) is 3. The minimum Gasteiger partial charge on any atom is -0.348 e. The first kappa shape index (κ1) is 21.9. The average molecular weight is 397 g/mol. The highest BCUT2D eigenvalue weighted by Gasteiger charge is 2.21. The van der Waals surface area contributed by atoms with Gasteiger partial charge in [0.15, 0.2) is 0 Å². The van der Waals surface area contributed by atoms with Crippen molar-refractivity contribution in [2.45, 2.75) is 19.4 Å². The van der Waals surface area contributed by atoms with E-state index >= 15 is 0 Å². The molecule has 1 aliphatic rings. The number of nitrogens with zero attached hydrogens (tertiary/aromatic N) is 1. The fourth-order valence-electron chi connectivity index (χ4n) is 2.75. The number of pyridine rings is 1. The number of carbonyl (C=O) groups excluding carboxylic acids is 2. The van der Waals surface area contributed by atoms with Crippen molar-refractivity contribution in [1.82, 2.24) is 15.6 Å². The van der Waals surface area contributed by atoms with Crippen molar-refractivity contribution < 1.29 is 9.59 Å². The Bertz CT molecular complexity index is 750. The maximum absolute atomic E-state index is 12.6. The van der Waals surface area contributed by atoms with Gasteiger partial charge in [-0.2, -0.15) is 0 Å². The van der Waals surface area contributed by atoms with Gasteiger partial charge in [-0.15, -0.1) is 24.8 Å². The largest absolute Gasteiger partial charge is 0.348 e. The fourth-order valence-corrected chi connectivity index (χ4v) is 2.75. The Morgan fingerprint density at radius 3 is 2.50 bits per heavy atom. The minimum absolute atomic E-state index is 0. The number of para-hydroxylation sites is 1. The molecule has 1 fully saturated rings. The molecule has 0 spiro atoms. The number of aromatic nitrogens is 1. The predicted molar refractivity (Wildman–Crippen MR) is 107 cm³/mol. The Morgan fingerprint density at radius 1 is 1.12 bits per heavy atom. The summed E-state index contributed by atoms with van der Waals surface area (Å²) in [5.41, 5.74) is 2.36. The van der Waals surface area contributed by atoms with Crippen LogP contribution >= 0.6 is 24.8 Å². The summed E-state index contributed by atoms with van der Waals surface area (Å²) in [4.78, 5) is 28.9. The molecule has 1 saturated heterocycles. The van der Waals surface area contributed by atoms with Gasteiger partial charge < -0.3 is 16.0 Å². The number of carbonyl (C=O) groups is 2. The number of halogens is 2. The number of aryl methyl sites for hydroxylation is 1. The Kier molecular flexibility index (Phi) is 8.51. The van der Waals surface area contributed by atoms with E-state index in [2.05, 4.69) is 20.9 Å². The van der Waals surface area contributed by atoms with Crippen LogP contribution in [0.2, 0.25) is 0 Å². The second-order valence-corrected chi connectivity index (χ2v) is 5.85. The van der Waals surface area contributed by atoms with Crippen molar-refractivity contribution >= 4 is 42.3 Å². The van der Waals surface area contributed by atoms with Crippen LogP contribution in [0.4, 0.5) is 5.69 Å². The summed E-state index contributed by atoms with van der Waals surface area (Å²) in [6.45, 7) is 3.55. The van der Waals surface area contributed by atoms with Gasteiger partial charge in [0.25, 0.3) is 11.8 Å². The van der Waals surface area contributed by atoms with Crippen LogP contribution in [0.15, 0.2) is 42.7 Å². The molecule has 0 bridgehead atoms. The van der Waals surface area contributed by atoms with E-state index in [1.54, 1.807) is 30.6 Å². The molecule has 0 radical (unpaired) electrons. The van der Waals surface area contributed by atoms with Gasteiger partial charge in [0.1, 0.15) is 0 Å². The third-order valence-electron chi connectivity index (χ3n) is 4.09. The molecule has 3 rings (SSSR count). The molecule has 0 saturated carbocycles. The van der Waals surface area contributed by atoms with Crippen LogP contribution in [0.25, 0.3) is 0 Å². The van der Waals surface area contributed by atoms with Gasteiger partial charge in [-0.25, -0.2) is 0 Å². The van der Waals surface area contributed by atoms with Gasteiger partial charge >= 0.3 is 0 Å². The van der Waals surface area contributed by atoms with Crippen LogP contribution in [0, 0.1) is 6.92 Å². The van der Waals surface area contributed by atoms with E-state index in [1.165, 1.54) is 0 Å². The topological polar surface area (TPSA) is 83.1 Å². The van der Waals surface area contributed by atoms with E-state index < -0.39 is 0 Å². The Morgan fingerprint density at radius 2 is 1.85 bits per heavy atom. The number of rotatable bonds is 4. The zero-order chi connectivity index (χ0) is 16.9. The molecule has 140 valence electrons. The summed E-state index contributed by atoms with van der Waals surface area (Å²) in [7, 11) is 0. The molecule has 0 aliphatic carbocycles. The fraction of sp³-hybridized carbons (Fsp3) is 0.278. The van der Waals surface area contributed by atoms with Gasteiger partial charge in [-0.1, -0.05) is 12.1 Å². The molecular formula is C18H22Cl2N4O2. The first-order valence-corrected chi connectivity index (χ1v) is 7.97. The van der Waals surface area contributed by atoms with Gasteiger partial charge in [-0.05, 0) is 43.7 Å². The number of amides is 2. The Balaban J connectivity index is 0.00000169. The molecule has 1 aromatic heterocycles. The standard InChI is InChI=1S/C18H20N4O2.2ClH/c1-12-3-2-4-15(18(24)21-14-7-10-20-11-14)16(12)22-17(23)13-5-8-19-9-6-13;;/h2-6,8-9,14,20H,7,10-11H2,1H3,(H,21,24)(H,22,23);2*1H. The van der Waals surface area contributed by atoms with E-state index in [4.69, 9.17) is 0 Å². The van der Waals surface area contributed by atoms with E-state index in [-0.39, 0.29) is 42.7 Å². The summed E-state index contributed by atoms with van der Waals surface area (Å²) < 4.78 is 0. The van der Waals surface area contributed by atoms with Crippen molar-refractivity contribution in [3.63, 3.8) is 0 Å². The molecule has 6 nitrogen and oxygen atoms in total. The van der Waals surface area contributed by atoms with Crippen molar-refractivity contribution in [2.24, 2.45) is 0 Å². The zero-order valence-corrected chi connectivity index (χ0v) is 16.0. The average Bonchev–Trinajstić information content (AvgIpc) is 3.10. The quantitative estimate of drug-likeness (QED) is 0.741. The first-order valence-electron chi connectivity index (χ1n) is 7.97. The van der Waals surface area contributed by atoms with Crippen LogP contribution in [-0.4, -0.2) is 35.9 Å². The van der Waals surface area contributed by atoms with Crippen LogP contribution < -0.4 is 16.0 Å². The lowest BCUT2D eigenvalue weighted by Gasteiger charge is -2.16. The van der Waals surface area contributed by atoms with E-state index in [0.29, 0.717) is 16.8 Å². The number of anilines is 1. The molecule has 2 heterocycles. The summed E-state index contributed by atoms with van der Waals surface area (Å²) in [6.07, 6.45) is 4.04. The van der Waals surface area contributed by atoms with E-state index in [0.717, 1.165) is 25.1 Å². The smallest absolute Gasteiger partial charge is 0.255 e. The third-order valence-corrected chi connectivity index (χ3v) is 4.09. The van der Waals surface area contributed by atoms with Crippen LogP contribution in [0.5, 0.6) is 0 Å². The highest BCUT2D eigenvalue weighted by atomic mass is 35.5. The third kappa shape index (κ3) is 5.17. The molecule has 1 unspecified atom stereocenters. The van der Waals surface area contributed by atoms with Crippen molar-refractivity contribution in [3.05, 3.63) is 59.4 Å². The molecule has 1 atom stereocenters. The SMILES string of the molecule is Cc1cccc(C(=O)NC2CCNC2)c1NC(=O)c1ccncc1.Cl.Cl. The van der Waals surface area contributed by atoms with Crippen LogP contribution in [-0.2, 0) is 0 Å². The van der Waals surface area contributed by atoms with E-state index in [1.807, 2.05) is 19.1 Å². The molecule has 1 aromatic carbocycles.